The highest BCUT2D eigenvalue weighted by molar-refractivity contribution is 5.84. The average Bonchev–Trinajstić information content (AvgIpc) is 3.55. The van der Waals surface area contributed by atoms with Gasteiger partial charge < -0.3 is 9.47 Å². The number of likely N-dealkylation sites (tertiary alicyclic amines) is 1. The van der Waals surface area contributed by atoms with E-state index in [-0.39, 0.29) is 12.4 Å². The van der Waals surface area contributed by atoms with Crippen molar-refractivity contribution in [3.63, 3.8) is 0 Å². The van der Waals surface area contributed by atoms with Crippen molar-refractivity contribution in [2.45, 2.75) is 38.0 Å². The Labute approximate surface area is 179 Å². The second kappa shape index (κ2) is 8.81. The molecule has 4 heteroatoms. The molecule has 0 N–H and O–H groups in total. The fourth-order valence-corrected chi connectivity index (χ4v) is 5.11. The number of carbonyl (C=O) groups is 1. The maximum Gasteiger partial charge on any atom is 0.174 e. The third kappa shape index (κ3) is 4.70. The van der Waals surface area contributed by atoms with Crippen LogP contribution in [-0.2, 0) is 11.2 Å². The minimum absolute atomic E-state index is 0.136. The van der Waals surface area contributed by atoms with Crippen LogP contribution in [0.15, 0.2) is 48.5 Å². The molecular weight excluding hydrogens is 374 g/mol. The van der Waals surface area contributed by atoms with Crippen LogP contribution in [0.5, 0.6) is 11.5 Å². The number of carbonyl (C=O) groups excluding carboxylic acids is 1. The maximum absolute atomic E-state index is 11.5. The average molecular weight is 406 g/mol. The van der Waals surface area contributed by atoms with E-state index in [1.165, 1.54) is 44.3 Å². The van der Waals surface area contributed by atoms with Crippen molar-refractivity contribution in [1.29, 1.82) is 0 Å². The Balaban J connectivity index is 1.01. The first-order valence-electron chi connectivity index (χ1n) is 11.4. The number of fused-ring (bicyclic) bond motifs is 1. The summed E-state index contributed by atoms with van der Waals surface area (Å²) in [4.78, 5) is 14.0. The first kappa shape index (κ1) is 19.6. The molecule has 2 aliphatic heterocycles. The number of nitrogens with zero attached hydrogens (tertiary/aromatic N) is 1. The van der Waals surface area contributed by atoms with Crippen LogP contribution in [0.25, 0.3) is 0 Å². The van der Waals surface area contributed by atoms with E-state index in [9.17, 15) is 4.79 Å². The summed E-state index contributed by atoms with van der Waals surface area (Å²) in [6.07, 6.45) is 5.90. The monoisotopic (exact) mass is 405 g/mol. The highest BCUT2D eigenvalue weighted by Crippen LogP contribution is 2.51. The van der Waals surface area contributed by atoms with E-state index in [1.807, 2.05) is 18.2 Å². The van der Waals surface area contributed by atoms with Crippen LogP contribution in [0.2, 0.25) is 0 Å². The summed E-state index contributed by atoms with van der Waals surface area (Å²) in [5.74, 6) is 4.38. The number of hydrogen-bond donors (Lipinski definition) is 0. The second-order valence-electron chi connectivity index (χ2n) is 9.16. The van der Waals surface area contributed by atoms with Gasteiger partial charge in [-0.1, -0.05) is 36.4 Å². The molecule has 30 heavy (non-hydrogen) atoms. The maximum atomic E-state index is 11.5. The van der Waals surface area contributed by atoms with Crippen LogP contribution in [0.3, 0.4) is 0 Å². The lowest BCUT2D eigenvalue weighted by Gasteiger charge is -2.32. The number of benzene rings is 2. The third-order valence-corrected chi connectivity index (χ3v) is 6.98. The van der Waals surface area contributed by atoms with Gasteiger partial charge in [0.2, 0.25) is 0 Å². The minimum Gasteiger partial charge on any atom is -0.492 e. The summed E-state index contributed by atoms with van der Waals surface area (Å²) in [6, 6.07) is 16.9. The molecule has 0 radical (unpaired) electrons. The normalized spacial score (nSPS) is 24.2. The van der Waals surface area contributed by atoms with Crippen molar-refractivity contribution in [3.05, 3.63) is 59.7 Å². The first-order chi connectivity index (χ1) is 14.7. The SMILES string of the molecule is O=C1COc2cc(OCCN3CCC(C[C@@H]4C[C@H]4c4ccccc4)CC3)ccc2C1. The molecule has 1 saturated heterocycles. The Morgan fingerprint density at radius 2 is 1.90 bits per heavy atom. The van der Waals surface area contributed by atoms with Crippen molar-refractivity contribution in [2.75, 3.05) is 32.8 Å². The van der Waals surface area contributed by atoms with Crippen LogP contribution in [0, 0.1) is 11.8 Å². The van der Waals surface area contributed by atoms with Crippen molar-refractivity contribution >= 4 is 5.78 Å². The molecule has 1 aliphatic carbocycles. The van der Waals surface area contributed by atoms with E-state index in [1.54, 1.807) is 0 Å². The highest BCUT2D eigenvalue weighted by Gasteiger charge is 2.39. The molecule has 2 aromatic carbocycles. The summed E-state index contributed by atoms with van der Waals surface area (Å²) in [5.41, 5.74) is 2.50. The molecular formula is C26H31NO3. The number of ketones is 1. The summed E-state index contributed by atoms with van der Waals surface area (Å²) >= 11 is 0. The molecule has 2 fully saturated rings. The Morgan fingerprint density at radius 1 is 1.07 bits per heavy atom. The van der Waals surface area contributed by atoms with E-state index in [0.29, 0.717) is 13.0 Å². The lowest BCUT2D eigenvalue weighted by Crippen LogP contribution is -2.36. The van der Waals surface area contributed by atoms with Crippen LogP contribution in [0.1, 0.15) is 42.7 Å². The predicted octanol–water partition coefficient (Wildman–Crippen LogP) is 4.48. The van der Waals surface area contributed by atoms with Crippen molar-refractivity contribution in [2.24, 2.45) is 11.8 Å². The van der Waals surface area contributed by atoms with Gasteiger partial charge in [-0.2, -0.15) is 0 Å². The quantitative estimate of drug-likeness (QED) is 0.681. The van der Waals surface area contributed by atoms with Crippen LogP contribution < -0.4 is 9.47 Å². The van der Waals surface area contributed by atoms with Crippen LogP contribution >= 0.6 is 0 Å². The first-order valence-corrected chi connectivity index (χ1v) is 11.4. The second-order valence-corrected chi connectivity index (χ2v) is 9.16. The molecule has 4 nitrogen and oxygen atoms in total. The number of ether oxygens (including phenoxy) is 2. The smallest absolute Gasteiger partial charge is 0.174 e. The topological polar surface area (TPSA) is 38.8 Å². The third-order valence-electron chi connectivity index (χ3n) is 6.98. The fourth-order valence-electron chi connectivity index (χ4n) is 5.11. The van der Waals surface area contributed by atoms with Gasteiger partial charge in [-0.05, 0) is 68.2 Å². The molecule has 1 saturated carbocycles. The molecule has 0 spiro atoms. The van der Waals surface area contributed by atoms with E-state index in [0.717, 1.165) is 41.4 Å². The number of piperidine rings is 1. The van der Waals surface area contributed by atoms with Crippen LogP contribution in [-0.4, -0.2) is 43.5 Å². The van der Waals surface area contributed by atoms with E-state index >= 15 is 0 Å². The lowest BCUT2D eigenvalue weighted by atomic mass is 9.90. The molecule has 0 amide bonds. The Bertz CT molecular complexity index is 873. The molecule has 0 bridgehead atoms. The summed E-state index contributed by atoms with van der Waals surface area (Å²) in [7, 11) is 0. The zero-order valence-corrected chi connectivity index (χ0v) is 17.6. The van der Waals surface area contributed by atoms with Crippen molar-refractivity contribution in [3.8, 4) is 11.5 Å². The zero-order chi connectivity index (χ0) is 20.3. The molecule has 2 heterocycles. The molecule has 0 aromatic heterocycles. The van der Waals surface area contributed by atoms with Gasteiger partial charge in [0.25, 0.3) is 0 Å². The van der Waals surface area contributed by atoms with E-state index in [2.05, 4.69) is 35.2 Å². The summed E-state index contributed by atoms with van der Waals surface area (Å²) < 4.78 is 11.5. The van der Waals surface area contributed by atoms with Gasteiger partial charge in [0.15, 0.2) is 5.78 Å². The van der Waals surface area contributed by atoms with Gasteiger partial charge >= 0.3 is 0 Å². The van der Waals surface area contributed by atoms with Crippen LogP contribution in [0.4, 0.5) is 0 Å². The number of hydrogen-bond acceptors (Lipinski definition) is 4. The lowest BCUT2D eigenvalue weighted by molar-refractivity contribution is -0.121. The van der Waals surface area contributed by atoms with Gasteiger partial charge in [-0.3, -0.25) is 9.69 Å². The van der Waals surface area contributed by atoms with Gasteiger partial charge in [-0.25, -0.2) is 0 Å². The predicted molar refractivity (Wildman–Crippen MR) is 117 cm³/mol. The zero-order valence-electron chi connectivity index (χ0n) is 17.6. The van der Waals surface area contributed by atoms with Gasteiger partial charge in [0, 0.05) is 24.6 Å². The Hall–Kier alpha value is -2.33. The standard InChI is InChI=1S/C26H31NO3/c28-23-15-21-6-7-24(17-26(21)30-18-23)29-13-12-27-10-8-19(9-11-27)14-22-16-25(22)20-4-2-1-3-5-20/h1-7,17,19,22,25H,8-16,18H2/t22-,25+/m1/s1. The molecule has 2 atom stereocenters. The van der Waals surface area contributed by atoms with E-state index in [4.69, 9.17) is 9.47 Å². The Morgan fingerprint density at radius 3 is 2.73 bits per heavy atom. The summed E-state index contributed by atoms with van der Waals surface area (Å²) in [5, 5.41) is 0. The Kier molecular flexibility index (Phi) is 5.76. The highest BCUT2D eigenvalue weighted by atomic mass is 16.5. The van der Waals surface area contributed by atoms with E-state index < -0.39 is 0 Å². The molecule has 158 valence electrons. The minimum atomic E-state index is 0.136. The number of rotatable bonds is 7. The van der Waals surface area contributed by atoms with Gasteiger partial charge in [0.1, 0.15) is 24.7 Å². The molecule has 0 unspecified atom stereocenters. The number of Topliss-reactive ketones (excluding diaryl/α,β-unsaturated/α-hetero) is 1. The van der Waals surface area contributed by atoms with Gasteiger partial charge in [0.05, 0.1) is 0 Å². The molecule has 2 aromatic rings. The summed E-state index contributed by atoms with van der Waals surface area (Å²) in [6.45, 7) is 4.22. The fraction of sp³-hybridized carbons (Fsp3) is 0.500. The molecule has 3 aliphatic rings. The van der Waals surface area contributed by atoms with Gasteiger partial charge in [-0.15, -0.1) is 0 Å². The van der Waals surface area contributed by atoms with Crippen molar-refractivity contribution in [1.82, 2.24) is 4.90 Å². The van der Waals surface area contributed by atoms with Crippen molar-refractivity contribution < 1.29 is 14.3 Å². The molecule has 5 rings (SSSR count). The largest absolute Gasteiger partial charge is 0.492 e.